The zero-order chi connectivity index (χ0) is 28.2. The van der Waals surface area contributed by atoms with Gasteiger partial charge in [0.05, 0.1) is 38.4 Å². The number of hydrogen-bond donors (Lipinski definition) is 0. The molecule has 0 saturated carbocycles. The summed E-state index contributed by atoms with van der Waals surface area (Å²) in [6.45, 7) is 1.70. The summed E-state index contributed by atoms with van der Waals surface area (Å²) in [7, 11) is 0. The molecule has 0 unspecified atom stereocenters. The molecule has 210 valence electrons. The highest BCUT2D eigenvalue weighted by molar-refractivity contribution is 6.13. The lowest BCUT2D eigenvalue weighted by atomic mass is 9.89. The predicted octanol–water partition coefficient (Wildman–Crippen LogP) is 4.12. The van der Waals surface area contributed by atoms with E-state index in [2.05, 4.69) is 4.99 Å². The molecule has 2 aromatic carbocycles. The average molecular weight is 554 g/mol. The van der Waals surface area contributed by atoms with E-state index in [0.717, 1.165) is 12.1 Å². The molecule has 1 saturated heterocycles. The van der Waals surface area contributed by atoms with E-state index in [9.17, 15) is 27.6 Å². The summed E-state index contributed by atoms with van der Waals surface area (Å²) in [6, 6.07) is 8.74. The SMILES string of the molecule is O=C1CC(CN(Cc2ccc(F)cc2F)C(=O)CN2CCC(C(=O)c3ccc(F)cc3)CC2)=NC2=C1COCC2. The smallest absolute Gasteiger partial charge is 0.237 e. The normalized spacial score (nSPS) is 18.4. The quantitative estimate of drug-likeness (QED) is 0.460. The second-order valence-electron chi connectivity index (χ2n) is 10.4. The lowest BCUT2D eigenvalue weighted by Gasteiger charge is -2.33. The van der Waals surface area contributed by atoms with Gasteiger partial charge in [-0.3, -0.25) is 24.3 Å². The van der Waals surface area contributed by atoms with Crippen molar-refractivity contribution >= 4 is 23.2 Å². The minimum atomic E-state index is -0.756. The molecule has 40 heavy (non-hydrogen) atoms. The molecular weight excluding hydrogens is 523 g/mol. The van der Waals surface area contributed by atoms with Gasteiger partial charge >= 0.3 is 0 Å². The lowest BCUT2D eigenvalue weighted by Crippen LogP contribution is -2.46. The van der Waals surface area contributed by atoms with E-state index in [0.29, 0.717) is 61.5 Å². The summed E-state index contributed by atoms with van der Waals surface area (Å²) in [4.78, 5) is 47.1. The van der Waals surface area contributed by atoms with Crippen LogP contribution in [0, 0.1) is 23.4 Å². The fraction of sp³-hybridized carbons (Fsp3) is 0.400. The van der Waals surface area contributed by atoms with E-state index >= 15 is 0 Å². The molecule has 0 aromatic heterocycles. The molecule has 1 amide bonds. The van der Waals surface area contributed by atoms with Gasteiger partial charge in [-0.15, -0.1) is 0 Å². The summed E-state index contributed by atoms with van der Waals surface area (Å²) in [6.07, 6.45) is 1.66. The number of likely N-dealkylation sites (tertiary alicyclic amines) is 1. The number of aliphatic imine (C=N–C) groups is 1. The second kappa shape index (κ2) is 12.3. The van der Waals surface area contributed by atoms with Crippen molar-refractivity contribution in [2.75, 3.05) is 39.4 Å². The Hall–Kier alpha value is -3.63. The van der Waals surface area contributed by atoms with Gasteiger partial charge in [-0.25, -0.2) is 13.2 Å². The number of carbonyl (C=O) groups is 3. The number of benzene rings is 2. The van der Waals surface area contributed by atoms with Crippen LogP contribution in [0.25, 0.3) is 0 Å². The van der Waals surface area contributed by atoms with Gasteiger partial charge in [-0.1, -0.05) is 6.07 Å². The number of rotatable bonds is 8. The first-order valence-electron chi connectivity index (χ1n) is 13.4. The molecule has 10 heteroatoms. The largest absolute Gasteiger partial charge is 0.376 e. The van der Waals surface area contributed by atoms with E-state index in [1.807, 2.05) is 4.90 Å². The van der Waals surface area contributed by atoms with Crippen molar-refractivity contribution in [3.8, 4) is 0 Å². The molecule has 0 radical (unpaired) electrons. The second-order valence-corrected chi connectivity index (χ2v) is 10.4. The van der Waals surface area contributed by atoms with Crippen molar-refractivity contribution in [3.63, 3.8) is 0 Å². The van der Waals surface area contributed by atoms with Crippen LogP contribution in [0.15, 0.2) is 58.7 Å². The molecular formula is C30H30F3N3O4. The van der Waals surface area contributed by atoms with E-state index in [1.165, 1.54) is 35.2 Å². The van der Waals surface area contributed by atoms with E-state index in [4.69, 9.17) is 4.74 Å². The Morgan fingerprint density at radius 2 is 1.73 bits per heavy atom. The van der Waals surface area contributed by atoms with Crippen molar-refractivity contribution in [2.45, 2.75) is 32.2 Å². The fourth-order valence-electron chi connectivity index (χ4n) is 5.36. The van der Waals surface area contributed by atoms with Gasteiger partial charge in [0.1, 0.15) is 17.5 Å². The maximum atomic E-state index is 14.5. The minimum absolute atomic E-state index is 0.0402. The zero-order valence-corrected chi connectivity index (χ0v) is 22.0. The topological polar surface area (TPSA) is 79.3 Å². The molecule has 0 spiro atoms. The fourth-order valence-corrected chi connectivity index (χ4v) is 5.36. The molecule has 1 fully saturated rings. The highest BCUT2D eigenvalue weighted by Crippen LogP contribution is 2.25. The Kier molecular flexibility index (Phi) is 8.56. The first-order chi connectivity index (χ1) is 19.3. The number of nitrogens with zero attached hydrogens (tertiary/aromatic N) is 3. The highest BCUT2D eigenvalue weighted by atomic mass is 19.1. The summed E-state index contributed by atoms with van der Waals surface area (Å²) in [5.41, 5.74) is 2.38. The first-order valence-corrected chi connectivity index (χ1v) is 13.4. The standard InChI is InChI=1S/C30H30F3N3O4/c31-22-4-1-19(2-5-22)30(39)20-7-10-35(11-8-20)17-29(38)36(15-21-3-6-23(32)13-26(21)33)16-24-14-28(37)25-18-40-12-9-27(25)34-24/h1-6,13,20H,7-12,14-18H2. The number of ketones is 2. The van der Waals surface area contributed by atoms with Crippen LogP contribution in [0.2, 0.25) is 0 Å². The van der Waals surface area contributed by atoms with Crippen molar-refractivity contribution in [1.29, 1.82) is 0 Å². The Bertz CT molecular complexity index is 1360. The van der Waals surface area contributed by atoms with Gasteiger partial charge < -0.3 is 9.64 Å². The third kappa shape index (κ3) is 6.56. The summed E-state index contributed by atoms with van der Waals surface area (Å²) in [5.74, 6) is -2.50. The Morgan fingerprint density at radius 3 is 2.45 bits per heavy atom. The van der Waals surface area contributed by atoms with Crippen LogP contribution in [-0.2, 0) is 20.9 Å². The van der Waals surface area contributed by atoms with E-state index in [1.54, 1.807) is 0 Å². The maximum absolute atomic E-state index is 14.5. The van der Waals surface area contributed by atoms with Crippen molar-refractivity contribution in [3.05, 3.63) is 82.3 Å². The van der Waals surface area contributed by atoms with Crippen molar-refractivity contribution < 1.29 is 32.3 Å². The van der Waals surface area contributed by atoms with Crippen LogP contribution in [-0.4, -0.2) is 72.4 Å². The molecule has 0 N–H and O–H groups in total. The van der Waals surface area contributed by atoms with Gasteiger partial charge in [0.25, 0.3) is 0 Å². The van der Waals surface area contributed by atoms with Gasteiger partial charge in [0.2, 0.25) is 5.91 Å². The van der Waals surface area contributed by atoms with Gasteiger partial charge in [0, 0.05) is 47.4 Å². The highest BCUT2D eigenvalue weighted by Gasteiger charge is 2.30. The van der Waals surface area contributed by atoms with Crippen LogP contribution in [0.5, 0.6) is 0 Å². The summed E-state index contributed by atoms with van der Waals surface area (Å²) >= 11 is 0. The molecule has 3 aliphatic heterocycles. The number of ether oxygens (including phenoxy) is 1. The molecule has 0 atom stereocenters. The van der Waals surface area contributed by atoms with Gasteiger partial charge in [-0.2, -0.15) is 0 Å². The third-order valence-electron chi connectivity index (χ3n) is 7.62. The van der Waals surface area contributed by atoms with E-state index in [-0.39, 0.29) is 61.6 Å². The number of Topliss-reactive ketones (excluding diaryl/α,β-unsaturated/α-hetero) is 2. The van der Waals surface area contributed by atoms with Crippen molar-refractivity contribution in [2.24, 2.45) is 10.9 Å². The molecule has 3 aliphatic rings. The Balaban J connectivity index is 1.26. The molecule has 7 nitrogen and oxygen atoms in total. The summed E-state index contributed by atoms with van der Waals surface area (Å²) < 4.78 is 46.6. The Labute approximate surface area is 230 Å². The zero-order valence-electron chi connectivity index (χ0n) is 22.0. The first kappa shape index (κ1) is 27.9. The van der Waals surface area contributed by atoms with E-state index < -0.39 is 17.5 Å². The predicted molar refractivity (Wildman–Crippen MR) is 141 cm³/mol. The molecule has 0 aliphatic carbocycles. The van der Waals surface area contributed by atoms with Crippen LogP contribution >= 0.6 is 0 Å². The maximum Gasteiger partial charge on any atom is 0.237 e. The molecule has 3 heterocycles. The van der Waals surface area contributed by atoms with Gasteiger partial charge in [0.15, 0.2) is 11.6 Å². The Morgan fingerprint density at radius 1 is 1.00 bits per heavy atom. The minimum Gasteiger partial charge on any atom is -0.376 e. The number of amides is 1. The van der Waals surface area contributed by atoms with Crippen molar-refractivity contribution in [1.82, 2.24) is 9.80 Å². The van der Waals surface area contributed by atoms with Crippen LogP contribution in [0.3, 0.4) is 0 Å². The number of carbonyl (C=O) groups excluding carboxylic acids is 3. The van der Waals surface area contributed by atoms with Crippen LogP contribution in [0.4, 0.5) is 13.2 Å². The monoisotopic (exact) mass is 553 g/mol. The van der Waals surface area contributed by atoms with Crippen LogP contribution in [0.1, 0.15) is 41.6 Å². The molecule has 0 bridgehead atoms. The lowest BCUT2D eigenvalue weighted by molar-refractivity contribution is -0.132. The number of piperidine rings is 1. The summed E-state index contributed by atoms with van der Waals surface area (Å²) in [5, 5.41) is 0. The average Bonchev–Trinajstić information content (AvgIpc) is 2.94. The van der Waals surface area contributed by atoms with Crippen LogP contribution < -0.4 is 0 Å². The van der Waals surface area contributed by atoms with Gasteiger partial charge in [-0.05, 0) is 56.3 Å². The number of halogens is 3. The number of hydrogen-bond acceptors (Lipinski definition) is 6. The molecule has 5 rings (SSSR count). The third-order valence-corrected chi connectivity index (χ3v) is 7.62. The molecule has 2 aromatic rings.